The van der Waals surface area contributed by atoms with Gasteiger partial charge in [-0.25, -0.2) is 14.6 Å². The summed E-state index contributed by atoms with van der Waals surface area (Å²) in [5.41, 5.74) is 1.94. The summed E-state index contributed by atoms with van der Waals surface area (Å²) in [7, 11) is 0. The van der Waals surface area contributed by atoms with Gasteiger partial charge in [0.25, 0.3) is 0 Å². The number of aromatic nitrogens is 4. The Bertz CT molecular complexity index is 1160. The number of rotatable bonds is 5. The lowest BCUT2D eigenvalue weighted by atomic mass is 9.88. The summed E-state index contributed by atoms with van der Waals surface area (Å²) < 4.78 is 43.9. The van der Waals surface area contributed by atoms with Gasteiger partial charge in [0.15, 0.2) is 5.15 Å². The predicted molar refractivity (Wildman–Crippen MR) is 119 cm³/mol. The van der Waals surface area contributed by atoms with Crippen molar-refractivity contribution < 1.29 is 17.9 Å². The molecular weight excluding hydrogens is 480 g/mol. The Hall–Kier alpha value is -2.14. The Kier molecular flexibility index (Phi) is 6.11. The monoisotopic (exact) mass is 500 g/mol. The summed E-state index contributed by atoms with van der Waals surface area (Å²) in [6.07, 6.45) is 0.422. The minimum atomic E-state index is -4.43. The van der Waals surface area contributed by atoms with Gasteiger partial charge < -0.3 is 10.1 Å². The first-order valence-corrected chi connectivity index (χ1v) is 11.4. The van der Waals surface area contributed by atoms with Crippen LogP contribution in [0.3, 0.4) is 0 Å². The van der Waals surface area contributed by atoms with E-state index in [9.17, 15) is 13.2 Å². The van der Waals surface area contributed by atoms with Crippen molar-refractivity contribution in [3.8, 4) is 0 Å². The minimum Gasteiger partial charge on any atom is -0.378 e. The number of nitrogens with zero attached hydrogens (tertiary/aromatic N) is 5. The smallest absolute Gasteiger partial charge is 0.378 e. The molecule has 12 heteroatoms. The van der Waals surface area contributed by atoms with Gasteiger partial charge in [-0.05, 0) is 49.5 Å². The van der Waals surface area contributed by atoms with E-state index in [0.717, 1.165) is 50.1 Å². The molecular formula is C21H21Cl2F3N6O. The maximum atomic E-state index is 12.7. The van der Waals surface area contributed by atoms with Crippen LogP contribution in [0, 0.1) is 0 Å². The van der Waals surface area contributed by atoms with E-state index in [1.807, 2.05) is 12.1 Å². The number of halogens is 5. The second kappa shape index (κ2) is 8.90. The normalized spacial score (nSPS) is 18.6. The molecule has 7 nitrogen and oxygen atoms in total. The van der Waals surface area contributed by atoms with Crippen LogP contribution in [0.2, 0.25) is 10.2 Å². The van der Waals surface area contributed by atoms with E-state index in [0.29, 0.717) is 27.2 Å². The number of ether oxygens (including phenoxy) is 1. The van der Waals surface area contributed by atoms with Crippen LogP contribution in [0.15, 0.2) is 24.5 Å². The molecule has 3 aromatic rings. The van der Waals surface area contributed by atoms with Gasteiger partial charge in [0.05, 0.1) is 36.7 Å². The van der Waals surface area contributed by atoms with Gasteiger partial charge in [0.1, 0.15) is 6.54 Å². The van der Waals surface area contributed by atoms with E-state index < -0.39 is 12.7 Å². The highest BCUT2D eigenvalue weighted by Gasteiger charge is 2.31. The Morgan fingerprint density at radius 3 is 2.55 bits per heavy atom. The fraction of sp³-hybridized carbons (Fsp3) is 0.476. The molecule has 0 aliphatic carbocycles. The highest BCUT2D eigenvalue weighted by molar-refractivity contribution is 6.32. The fourth-order valence-corrected chi connectivity index (χ4v) is 4.83. The molecule has 0 unspecified atom stereocenters. The molecule has 33 heavy (non-hydrogen) atoms. The number of hydrogen-bond donors (Lipinski definition) is 1. The van der Waals surface area contributed by atoms with Crippen LogP contribution in [0.5, 0.6) is 0 Å². The summed E-state index contributed by atoms with van der Waals surface area (Å²) >= 11 is 12.6. The molecule has 2 fully saturated rings. The topological polar surface area (TPSA) is 68.1 Å². The van der Waals surface area contributed by atoms with Crippen molar-refractivity contribution in [1.29, 1.82) is 0 Å². The van der Waals surface area contributed by atoms with Crippen molar-refractivity contribution in [1.82, 2.24) is 24.6 Å². The average molecular weight is 501 g/mol. The maximum absolute atomic E-state index is 12.7. The van der Waals surface area contributed by atoms with Gasteiger partial charge in [-0.3, -0.25) is 4.90 Å². The molecule has 5 rings (SSSR count). The van der Waals surface area contributed by atoms with Crippen molar-refractivity contribution in [3.63, 3.8) is 0 Å². The molecule has 2 aliphatic heterocycles. The Morgan fingerprint density at radius 1 is 1.12 bits per heavy atom. The van der Waals surface area contributed by atoms with E-state index in [2.05, 4.69) is 25.3 Å². The first-order chi connectivity index (χ1) is 15.8. The molecule has 0 saturated carbocycles. The Balaban J connectivity index is 1.34. The predicted octanol–water partition coefficient (Wildman–Crippen LogP) is 5.02. The lowest BCUT2D eigenvalue weighted by molar-refractivity contribution is -0.142. The summed E-state index contributed by atoms with van der Waals surface area (Å²) in [4.78, 5) is 11.2. The fourth-order valence-electron chi connectivity index (χ4n) is 4.30. The number of nitrogens with one attached hydrogen (secondary N) is 1. The van der Waals surface area contributed by atoms with Crippen LogP contribution in [0.4, 0.5) is 24.8 Å². The zero-order valence-corrected chi connectivity index (χ0v) is 19.0. The Morgan fingerprint density at radius 2 is 1.88 bits per heavy atom. The van der Waals surface area contributed by atoms with Gasteiger partial charge in [-0.2, -0.15) is 18.3 Å². The molecule has 1 aromatic carbocycles. The minimum absolute atomic E-state index is 0.170. The average Bonchev–Trinajstić information content (AvgIpc) is 3.05. The van der Waals surface area contributed by atoms with E-state index >= 15 is 0 Å². The zero-order valence-electron chi connectivity index (χ0n) is 17.4. The highest BCUT2D eigenvalue weighted by Crippen LogP contribution is 2.36. The second-order valence-corrected chi connectivity index (χ2v) is 9.14. The largest absolute Gasteiger partial charge is 0.408 e. The number of hydrogen-bond acceptors (Lipinski definition) is 6. The van der Waals surface area contributed by atoms with Crippen molar-refractivity contribution in [2.75, 3.05) is 31.6 Å². The summed E-state index contributed by atoms with van der Waals surface area (Å²) in [5, 5.41) is 7.85. The van der Waals surface area contributed by atoms with Crippen LogP contribution >= 0.6 is 23.2 Å². The number of benzene rings is 1. The van der Waals surface area contributed by atoms with Crippen LogP contribution in [-0.2, 0) is 11.3 Å². The first kappa shape index (κ1) is 22.6. The number of likely N-dealkylation sites (tertiary alicyclic amines) is 1. The molecule has 0 atom stereocenters. The van der Waals surface area contributed by atoms with Crippen LogP contribution in [-0.4, -0.2) is 63.2 Å². The van der Waals surface area contributed by atoms with Crippen LogP contribution in [0.25, 0.3) is 10.9 Å². The molecule has 0 radical (unpaired) electrons. The maximum Gasteiger partial charge on any atom is 0.408 e. The molecule has 2 aliphatic rings. The van der Waals surface area contributed by atoms with Gasteiger partial charge in [0, 0.05) is 16.6 Å². The summed E-state index contributed by atoms with van der Waals surface area (Å²) in [6, 6.07) is 4.37. The van der Waals surface area contributed by atoms with Gasteiger partial charge in [-0.15, -0.1) is 0 Å². The van der Waals surface area contributed by atoms with Gasteiger partial charge >= 0.3 is 6.18 Å². The van der Waals surface area contributed by atoms with Gasteiger partial charge in [0.2, 0.25) is 5.95 Å². The third-order valence-corrected chi connectivity index (χ3v) is 6.88. The molecule has 2 aromatic heterocycles. The molecule has 0 spiro atoms. The van der Waals surface area contributed by atoms with E-state index in [1.165, 1.54) is 6.20 Å². The molecule has 176 valence electrons. The van der Waals surface area contributed by atoms with Crippen molar-refractivity contribution in [2.24, 2.45) is 0 Å². The lowest BCUT2D eigenvalue weighted by Crippen LogP contribution is -2.51. The highest BCUT2D eigenvalue weighted by atomic mass is 35.5. The van der Waals surface area contributed by atoms with E-state index in [1.54, 1.807) is 6.20 Å². The molecule has 2 saturated heterocycles. The number of piperidine rings is 1. The number of alkyl halides is 3. The molecule has 0 bridgehead atoms. The first-order valence-electron chi connectivity index (χ1n) is 10.6. The van der Waals surface area contributed by atoms with E-state index in [4.69, 9.17) is 27.9 Å². The van der Waals surface area contributed by atoms with Crippen molar-refractivity contribution >= 4 is 45.7 Å². The molecule has 0 amide bonds. The van der Waals surface area contributed by atoms with Crippen LogP contribution in [0.1, 0.15) is 24.3 Å². The second-order valence-electron chi connectivity index (χ2n) is 8.37. The van der Waals surface area contributed by atoms with Crippen LogP contribution < -0.4 is 5.32 Å². The molecule has 1 N–H and O–H groups in total. The summed E-state index contributed by atoms with van der Waals surface area (Å²) in [5.74, 6) is 0.546. The standard InChI is InChI=1S/C21H21Cl2F3N6O/c22-16-5-13-7-27-20(30-18-8-28-32(19(18)23)11-21(24,25)26)29-17(13)6-15(16)12-1-3-31(4-2-12)14-9-33-10-14/h5-8,12,14H,1-4,9-11H2,(H,27,29,30). The number of fused-ring (bicyclic) bond motifs is 1. The van der Waals surface area contributed by atoms with Crippen molar-refractivity contribution in [3.05, 3.63) is 40.3 Å². The molecule has 4 heterocycles. The number of anilines is 2. The third kappa shape index (κ3) is 4.89. The third-order valence-electron chi connectivity index (χ3n) is 6.16. The van der Waals surface area contributed by atoms with Crippen molar-refractivity contribution in [2.45, 2.75) is 37.5 Å². The van der Waals surface area contributed by atoms with Gasteiger partial charge in [-0.1, -0.05) is 23.2 Å². The quantitative estimate of drug-likeness (QED) is 0.530. The zero-order chi connectivity index (χ0) is 23.2. The Labute approximate surface area is 197 Å². The lowest BCUT2D eigenvalue weighted by Gasteiger charge is -2.41. The van der Waals surface area contributed by atoms with E-state index in [-0.39, 0.29) is 16.8 Å². The SMILES string of the molecule is FC(F)(F)Cn1ncc(Nc2ncc3cc(Cl)c(C4CCN(C5COC5)CC4)cc3n2)c1Cl. The summed E-state index contributed by atoms with van der Waals surface area (Å²) in [6.45, 7) is 2.36.